The molecule has 2 nitrogen and oxygen atoms in total. The van der Waals surface area contributed by atoms with Crippen LogP contribution in [0.2, 0.25) is 0 Å². The van der Waals surface area contributed by atoms with Crippen molar-refractivity contribution < 1.29 is 0 Å². The van der Waals surface area contributed by atoms with Crippen LogP contribution in [0.3, 0.4) is 0 Å². The van der Waals surface area contributed by atoms with Crippen molar-refractivity contribution in [3.05, 3.63) is 89.6 Å². The molecule has 5 aromatic rings. The molecule has 0 amide bonds. The summed E-state index contributed by atoms with van der Waals surface area (Å²) in [4.78, 5) is 4.87. The van der Waals surface area contributed by atoms with Crippen LogP contribution in [0.1, 0.15) is 44.4 Å². The molecule has 0 saturated heterocycles. The van der Waals surface area contributed by atoms with Crippen molar-refractivity contribution in [1.82, 2.24) is 4.98 Å². The number of rotatable bonds is 5. The predicted molar refractivity (Wildman–Crippen MR) is 144 cm³/mol. The molecule has 1 heterocycles. The fraction of sp³-hybridized carbons (Fsp3) is 0.250. The van der Waals surface area contributed by atoms with Crippen LogP contribution in [0.5, 0.6) is 0 Å². The molecule has 0 saturated carbocycles. The topological polar surface area (TPSA) is 36.7 Å². The smallest absolute Gasteiger partial charge is 0.0991 e. The third kappa shape index (κ3) is 4.15. The molecular weight excluding hydrogens is 412 g/mol. The Bertz CT molecular complexity index is 1540. The van der Waals surface area contributed by atoms with Crippen LogP contribution in [0, 0.1) is 23.2 Å². The Morgan fingerprint density at radius 3 is 1.94 bits per heavy atom. The first-order valence-corrected chi connectivity index (χ1v) is 12.2. The van der Waals surface area contributed by atoms with Crippen molar-refractivity contribution in [1.29, 1.82) is 5.26 Å². The van der Waals surface area contributed by atoms with Crippen molar-refractivity contribution in [3.8, 4) is 17.3 Å². The summed E-state index contributed by atoms with van der Waals surface area (Å²) in [5, 5.41) is 16.4. The van der Waals surface area contributed by atoms with E-state index in [0.717, 1.165) is 23.9 Å². The van der Waals surface area contributed by atoms with Gasteiger partial charge in [-0.1, -0.05) is 64.1 Å². The normalized spacial score (nSPS) is 11.7. The monoisotopic (exact) mass is 442 g/mol. The summed E-state index contributed by atoms with van der Waals surface area (Å²) in [5.74, 6) is 1.22. The van der Waals surface area contributed by atoms with Crippen molar-refractivity contribution in [2.75, 3.05) is 0 Å². The molecule has 168 valence electrons. The Hall–Kier alpha value is -3.70. The molecular formula is C32H30N2. The van der Waals surface area contributed by atoms with Gasteiger partial charge in [0.05, 0.1) is 17.3 Å². The second-order valence-corrected chi connectivity index (χ2v) is 10.3. The van der Waals surface area contributed by atoms with Gasteiger partial charge < -0.3 is 0 Å². The Labute approximate surface area is 201 Å². The van der Waals surface area contributed by atoms with Crippen LogP contribution in [-0.2, 0) is 12.8 Å². The van der Waals surface area contributed by atoms with Crippen LogP contribution in [0.25, 0.3) is 43.6 Å². The summed E-state index contributed by atoms with van der Waals surface area (Å²) < 4.78 is 0. The van der Waals surface area contributed by atoms with E-state index in [2.05, 4.69) is 88.4 Å². The van der Waals surface area contributed by atoms with E-state index in [1.54, 1.807) is 0 Å². The third-order valence-electron chi connectivity index (χ3n) is 6.50. The van der Waals surface area contributed by atoms with Crippen LogP contribution < -0.4 is 0 Å². The lowest BCUT2D eigenvalue weighted by molar-refractivity contribution is 0.636. The number of benzene rings is 4. The number of nitrogens with zero attached hydrogens (tertiary/aromatic N) is 2. The Balaban J connectivity index is 1.72. The molecule has 0 spiro atoms. The molecule has 2 heteroatoms. The van der Waals surface area contributed by atoms with E-state index >= 15 is 0 Å². The number of pyridine rings is 1. The van der Waals surface area contributed by atoms with Crippen LogP contribution in [-0.4, -0.2) is 4.98 Å². The van der Waals surface area contributed by atoms with Crippen molar-refractivity contribution >= 4 is 32.3 Å². The fourth-order valence-corrected chi connectivity index (χ4v) is 5.19. The van der Waals surface area contributed by atoms with Gasteiger partial charge in [-0.15, -0.1) is 0 Å². The van der Waals surface area contributed by atoms with Crippen molar-refractivity contribution in [2.45, 2.75) is 40.5 Å². The number of hydrogen-bond donors (Lipinski definition) is 0. The van der Waals surface area contributed by atoms with Gasteiger partial charge in [0.15, 0.2) is 0 Å². The number of fused-ring (bicyclic) bond motifs is 5. The van der Waals surface area contributed by atoms with Gasteiger partial charge in [0.1, 0.15) is 0 Å². The van der Waals surface area contributed by atoms with E-state index in [0.29, 0.717) is 17.4 Å². The summed E-state index contributed by atoms with van der Waals surface area (Å²) in [6.07, 6.45) is 4.09. The zero-order valence-electron chi connectivity index (χ0n) is 20.4. The molecule has 0 atom stereocenters. The number of nitriles is 1. The van der Waals surface area contributed by atoms with Crippen molar-refractivity contribution in [2.24, 2.45) is 11.8 Å². The molecule has 0 aliphatic heterocycles. The largest absolute Gasteiger partial charge is 0.256 e. The Morgan fingerprint density at radius 2 is 1.26 bits per heavy atom. The van der Waals surface area contributed by atoms with E-state index in [1.165, 1.54) is 43.6 Å². The molecule has 0 radical (unpaired) electrons. The second kappa shape index (κ2) is 8.92. The molecule has 0 aliphatic carbocycles. The minimum Gasteiger partial charge on any atom is -0.256 e. The summed E-state index contributed by atoms with van der Waals surface area (Å²) >= 11 is 0. The summed E-state index contributed by atoms with van der Waals surface area (Å²) in [6.45, 7) is 9.12. The quantitative estimate of drug-likeness (QED) is 0.256. The minimum atomic E-state index is 0.612. The molecule has 0 unspecified atom stereocenters. The second-order valence-electron chi connectivity index (χ2n) is 10.3. The average molecular weight is 443 g/mol. The summed E-state index contributed by atoms with van der Waals surface area (Å²) in [7, 11) is 0. The lowest BCUT2D eigenvalue weighted by Crippen LogP contribution is -2.00. The Morgan fingerprint density at radius 1 is 0.676 bits per heavy atom. The lowest BCUT2D eigenvalue weighted by Gasteiger charge is -2.15. The highest BCUT2D eigenvalue weighted by atomic mass is 14.7. The standard InChI is InChI=1S/C32H30N2/c1-20(2)13-23-15-24(14-21(3)4)18-26(17-23)32-31-10-9-28-27-7-5-22(19-33)16-25(27)6-8-29(28)30(31)11-12-34-32/h5-12,15-18,20-21H,13-14H2,1-4H3. The van der Waals surface area contributed by atoms with Gasteiger partial charge in [0.2, 0.25) is 0 Å². The van der Waals surface area contributed by atoms with Crippen molar-refractivity contribution in [3.63, 3.8) is 0 Å². The maximum absolute atomic E-state index is 9.27. The van der Waals surface area contributed by atoms with Gasteiger partial charge >= 0.3 is 0 Å². The maximum Gasteiger partial charge on any atom is 0.0991 e. The molecule has 0 N–H and O–H groups in total. The third-order valence-corrected chi connectivity index (χ3v) is 6.50. The molecule has 0 aliphatic rings. The molecule has 4 aromatic carbocycles. The zero-order valence-corrected chi connectivity index (χ0v) is 20.4. The summed E-state index contributed by atoms with van der Waals surface area (Å²) in [6, 6.07) is 26.1. The van der Waals surface area contributed by atoms with Crippen LogP contribution >= 0.6 is 0 Å². The van der Waals surface area contributed by atoms with E-state index in [9.17, 15) is 5.26 Å². The van der Waals surface area contributed by atoms with Gasteiger partial charge in [0.25, 0.3) is 0 Å². The number of aromatic nitrogens is 1. The number of hydrogen-bond acceptors (Lipinski definition) is 2. The first kappa shape index (κ1) is 22.1. The predicted octanol–water partition coefficient (Wildman–Crippen LogP) is 8.48. The van der Waals surface area contributed by atoms with Gasteiger partial charge in [-0.25, -0.2) is 0 Å². The van der Waals surface area contributed by atoms with E-state index < -0.39 is 0 Å². The highest BCUT2D eigenvalue weighted by Crippen LogP contribution is 2.36. The average Bonchev–Trinajstić information content (AvgIpc) is 2.81. The molecule has 5 rings (SSSR count). The van der Waals surface area contributed by atoms with Gasteiger partial charge in [-0.3, -0.25) is 4.98 Å². The van der Waals surface area contributed by atoms with Gasteiger partial charge in [-0.05, 0) is 93.1 Å². The summed E-state index contributed by atoms with van der Waals surface area (Å²) in [5.41, 5.74) is 5.73. The Kier molecular flexibility index (Phi) is 5.80. The van der Waals surface area contributed by atoms with Gasteiger partial charge in [-0.2, -0.15) is 5.26 Å². The minimum absolute atomic E-state index is 0.612. The van der Waals surface area contributed by atoms with E-state index in [1.807, 2.05) is 18.3 Å². The first-order chi connectivity index (χ1) is 16.4. The first-order valence-electron chi connectivity index (χ1n) is 12.2. The fourth-order valence-electron chi connectivity index (χ4n) is 5.19. The highest BCUT2D eigenvalue weighted by Gasteiger charge is 2.13. The van der Waals surface area contributed by atoms with E-state index in [4.69, 9.17) is 4.98 Å². The highest BCUT2D eigenvalue weighted by molar-refractivity contribution is 6.19. The van der Waals surface area contributed by atoms with Crippen LogP contribution in [0.15, 0.2) is 72.9 Å². The van der Waals surface area contributed by atoms with Gasteiger partial charge in [0, 0.05) is 17.1 Å². The lowest BCUT2D eigenvalue weighted by atomic mass is 9.91. The molecule has 0 bridgehead atoms. The molecule has 34 heavy (non-hydrogen) atoms. The molecule has 1 aromatic heterocycles. The SMILES string of the molecule is CC(C)Cc1cc(CC(C)C)cc(-c2nccc3c2ccc2c4ccc(C#N)cc4ccc32)c1. The van der Waals surface area contributed by atoms with E-state index in [-0.39, 0.29) is 0 Å². The molecule has 0 fully saturated rings. The van der Waals surface area contributed by atoms with Crippen LogP contribution in [0.4, 0.5) is 0 Å². The maximum atomic E-state index is 9.27. The zero-order chi connectivity index (χ0) is 23.8.